The van der Waals surface area contributed by atoms with Crippen molar-refractivity contribution in [2.24, 2.45) is 0 Å². The van der Waals surface area contributed by atoms with E-state index in [1.807, 2.05) is 17.0 Å². The Morgan fingerprint density at radius 1 is 1.03 bits per heavy atom. The molecule has 1 N–H and O–H groups in total. The maximum atomic E-state index is 13.1. The van der Waals surface area contributed by atoms with Gasteiger partial charge in [0.05, 0.1) is 6.04 Å². The van der Waals surface area contributed by atoms with E-state index in [9.17, 15) is 4.79 Å². The second-order valence-corrected chi connectivity index (χ2v) is 10.1. The molecule has 0 radical (unpaired) electrons. The minimum atomic E-state index is 0.0326. The van der Waals surface area contributed by atoms with Crippen molar-refractivity contribution < 1.29 is 14.3 Å². The molecule has 6 heteroatoms. The molecule has 4 aliphatic rings. The van der Waals surface area contributed by atoms with E-state index >= 15 is 0 Å². The lowest BCUT2D eigenvalue weighted by molar-refractivity contribution is 0.0711. The van der Waals surface area contributed by atoms with Gasteiger partial charge in [0, 0.05) is 35.6 Å². The largest absolute Gasteiger partial charge is 0.486 e. The Hall–Kier alpha value is -3.25. The van der Waals surface area contributed by atoms with Gasteiger partial charge in [-0.1, -0.05) is 37.4 Å². The van der Waals surface area contributed by atoms with Gasteiger partial charge in [-0.3, -0.25) is 9.69 Å². The summed E-state index contributed by atoms with van der Waals surface area (Å²) in [7, 11) is 0. The first-order valence-corrected chi connectivity index (χ1v) is 12.7. The van der Waals surface area contributed by atoms with E-state index in [4.69, 9.17) is 9.47 Å². The van der Waals surface area contributed by atoms with Gasteiger partial charge in [0.25, 0.3) is 5.91 Å². The van der Waals surface area contributed by atoms with Crippen molar-refractivity contribution >= 4 is 5.91 Å². The number of hydrogen-bond donors (Lipinski definition) is 1. The maximum Gasteiger partial charge on any atom is 0.255 e. The molecule has 0 aromatic heterocycles. The highest BCUT2D eigenvalue weighted by Crippen LogP contribution is 2.37. The fraction of sp³-hybridized carbons (Fsp3) is 0.414. The Kier molecular flexibility index (Phi) is 5.77. The van der Waals surface area contributed by atoms with E-state index in [1.54, 1.807) is 0 Å². The Balaban J connectivity index is 1.10. The molecule has 0 aliphatic carbocycles. The Bertz CT molecular complexity index is 1180. The number of fused-ring (bicyclic) bond motifs is 2. The summed E-state index contributed by atoms with van der Waals surface area (Å²) < 4.78 is 11.7. The van der Waals surface area contributed by atoms with E-state index < -0.39 is 0 Å². The van der Waals surface area contributed by atoms with Gasteiger partial charge in [-0.25, -0.2) is 0 Å². The molecule has 6 rings (SSSR count). The van der Waals surface area contributed by atoms with Gasteiger partial charge >= 0.3 is 0 Å². The fourth-order valence-electron chi connectivity index (χ4n) is 5.99. The number of nitrogens with zero attached hydrogens (tertiary/aromatic N) is 2. The first-order valence-electron chi connectivity index (χ1n) is 12.7. The third-order valence-corrected chi connectivity index (χ3v) is 7.90. The maximum absolute atomic E-state index is 13.1. The highest BCUT2D eigenvalue weighted by Gasteiger charge is 2.36. The van der Waals surface area contributed by atoms with E-state index in [-0.39, 0.29) is 11.9 Å². The molecule has 0 spiro atoms. The second-order valence-electron chi connectivity index (χ2n) is 10.1. The van der Waals surface area contributed by atoms with Crippen molar-refractivity contribution in [1.82, 2.24) is 15.1 Å². The van der Waals surface area contributed by atoms with Crippen molar-refractivity contribution in [1.29, 1.82) is 0 Å². The van der Waals surface area contributed by atoms with Gasteiger partial charge in [0.15, 0.2) is 11.5 Å². The van der Waals surface area contributed by atoms with E-state index in [1.165, 1.54) is 11.1 Å². The summed E-state index contributed by atoms with van der Waals surface area (Å²) in [6.45, 7) is 13.0. The van der Waals surface area contributed by atoms with Crippen molar-refractivity contribution in [2.75, 3.05) is 26.3 Å². The van der Waals surface area contributed by atoms with E-state index in [0.717, 1.165) is 79.3 Å². The highest BCUT2D eigenvalue weighted by molar-refractivity contribution is 5.98. The molecule has 6 nitrogen and oxygen atoms in total. The van der Waals surface area contributed by atoms with Gasteiger partial charge < -0.3 is 19.7 Å². The summed E-state index contributed by atoms with van der Waals surface area (Å²) in [6, 6.07) is 12.7. The molecule has 35 heavy (non-hydrogen) atoms. The number of likely N-dealkylation sites (tertiary alicyclic amines) is 1. The molecule has 0 bridgehead atoms. The zero-order chi connectivity index (χ0) is 23.9. The molecule has 4 heterocycles. The van der Waals surface area contributed by atoms with Gasteiger partial charge in [-0.05, 0) is 68.0 Å². The standard InChI is InChI=1S/C29H33N3O3/c1-19-6-9-26(20(2)30-19)32-18-24-16-22(7-8-25(24)29(32)33)21-10-12-31(13-11-21)17-23-4-3-5-27-28(23)35-15-14-34-27/h3-5,7-8,16,21,26,30H,1-2,6,9-15,17-18H2. The summed E-state index contributed by atoms with van der Waals surface area (Å²) in [5, 5.41) is 3.25. The number of carbonyl (C=O) groups excluding carboxylic acids is 1. The number of ether oxygens (including phenoxy) is 2. The number of nitrogens with one attached hydrogen (secondary N) is 1. The third kappa shape index (κ3) is 4.20. The van der Waals surface area contributed by atoms with Crippen LogP contribution < -0.4 is 14.8 Å². The lowest BCUT2D eigenvalue weighted by Crippen LogP contribution is -2.43. The van der Waals surface area contributed by atoms with Crippen molar-refractivity contribution in [3.8, 4) is 11.5 Å². The minimum Gasteiger partial charge on any atom is -0.486 e. The molecule has 2 fully saturated rings. The van der Waals surface area contributed by atoms with Crippen LogP contribution in [-0.2, 0) is 13.1 Å². The molecular weight excluding hydrogens is 438 g/mol. The first-order chi connectivity index (χ1) is 17.1. The quantitative estimate of drug-likeness (QED) is 0.708. The summed E-state index contributed by atoms with van der Waals surface area (Å²) in [6.07, 6.45) is 4.00. The second kappa shape index (κ2) is 9.08. The number of hydrogen-bond acceptors (Lipinski definition) is 5. The van der Waals surface area contributed by atoms with Crippen LogP contribution in [0.5, 0.6) is 11.5 Å². The average molecular weight is 472 g/mol. The topological polar surface area (TPSA) is 54.0 Å². The molecule has 1 amide bonds. The van der Waals surface area contributed by atoms with Crippen LogP contribution in [0.2, 0.25) is 0 Å². The molecule has 2 aromatic rings. The number of allylic oxidation sites excluding steroid dienone is 1. The smallest absolute Gasteiger partial charge is 0.255 e. The minimum absolute atomic E-state index is 0.0326. The number of rotatable bonds is 4. The van der Waals surface area contributed by atoms with Gasteiger partial charge in [-0.15, -0.1) is 0 Å². The highest BCUT2D eigenvalue weighted by atomic mass is 16.6. The van der Waals surface area contributed by atoms with E-state index in [0.29, 0.717) is 25.7 Å². The number of piperidine rings is 2. The lowest BCUT2D eigenvalue weighted by atomic mass is 9.87. The number of carbonyl (C=O) groups is 1. The Morgan fingerprint density at radius 2 is 1.86 bits per heavy atom. The van der Waals surface area contributed by atoms with Crippen LogP contribution >= 0.6 is 0 Å². The van der Waals surface area contributed by atoms with Gasteiger partial charge in [0.1, 0.15) is 13.2 Å². The molecule has 182 valence electrons. The Morgan fingerprint density at radius 3 is 2.69 bits per heavy atom. The summed E-state index contributed by atoms with van der Waals surface area (Å²) >= 11 is 0. The fourth-order valence-corrected chi connectivity index (χ4v) is 5.99. The number of amides is 1. The van der Waals surface area contributed by atoms with Crippen molar-refractivity contribution in [2.45, 2.75) is 50.7 Å². The molecule has 1 atom stereocenters. The monoisotopic (exact) mass is 471 g/mol. The van der Waals surface area contributed by atoms with Gasteiger partial charge in [-0.2, -0.15) is 0 Å². The first kappa shape index (κ1) is 22.2. The number of benzene rings is 2. The predicted octanol–water partition coefficient (Wildman–Crippen LogP) is 4.57. The molecule has 1 unspecified atom stereocenters. The summed E-state index contributed by atoms with van der Waals surface area (Å²) in [5.41, 5.74) is 6.43. The SMILES string of the molecule is C=C1CCC(N2Cc3cc(C4CCN(Cc5cccc6c5OCCO6)CC4)ccc3C2=O)C(=C)N1. The lowest BCUT2D eigenvalue weighted by Gasteiger charge is -2.34. The molecule has 0 saturated carbocycles. The molecular formula is C29H33N3O3. The van der Waals surface area contributed by atoms with Crippen LogP contribution in [0, 0.1) is 0 Å². The van der Waals surface area contributed by atoms with Crippen LogP contribution in [0.4, 0.5) is 0 Å². The number of para-hydroxylation sites is 1. The summed E-state index contributed by atoms with van der Waals surface area (Å²) in [4.78, 5) is 17.6. The van der Waals surface area contributed by atoms with Crippen LogP contribution in [0.25, 0.3) is 0 Å². The van der Waals surface area contributed by atoms with Crippen LogP contribution in [0.15, 0.2) is 61.0 Å². The van der Waals surface area contributed by atoms with Crippen LogP contribution in [0.3, 0.4) is 0 Å². The van der Waals surface area contributed by atoms with E-state index in [2.05, 4.69) is 47.6 Å². The normalized spacial score (nSPS) is 22.8. The predicted molar refractivity (Wildman–Crippen MR) is 135 cm³/mol. The van der Waals surface area contributed by atoms with Crippen LogP contribution in [-0.4, -0.2) is 48.1 Å². The third-order valence-electron chi connectivity index (χ3n) is 7.90. The molecule has 2 aromatic carbocycles. The zero-order valence-electron chi connectivity index (χ0n) is 20.2. The average Bonchev–Trinajstić information content (AvgIpc) is 3.20. The van der Waals surface area contributed by atoms with Crippen LogP contribution in [0.1, 0.15) is 58.6 Å². The summed E-state index contributed by atoms with van der Waals surface area (Å²) in [5.74, 6) is 2.43. The molecule has 4 aliphatic heterocycles. The van der Waals surface area contributed by atoms with Gasteiger partial charge in [0.2, 0.25) is 0 Å². The zero-order valence-corrected chi connectivity index (χ0v) is 20.2. The molecule has 2 saturated heterocycles. The Labute approximate surface area is 207 Å². The van der Waals surface area contributed by atoms with Crippen molar-refractivity contribution in [3.63, 3.8) is 0 Å². The van der Waals surface area contributed by atoms with Crippen molar-refractivity contribution in [3.05, 3.63) is 83.2 Å².